The van der Waals surface area contributed by atoms with Crippen molar-refractivity contribution in [1.82, 2.24) is 4.57 Å². The number of rotatable bonds is 1. The van der Waals surface area contributed by atoms with Crippen molar-refractivity contribution in [2.75, 3.05) is 5.73 Å². The molecule has 23 heavy (non-hydrogen) atoms. The highest BCUT2D eigenvalue weighted by Crippen LogP contribution is 2.42. The summed E-state index contributed by atoms with van der Waals surface area (Å²) in [5.74, 6) is 0.402. The number of fused-ring (bicyclic) bond motifs is 3. The Morgan fingerprint density at radius 2 is 1.74 bits per heavy atom. The molecule has 0 atom stereocenters. The molecule has 0 saturated carbocycles. The molecule has 1 heterocycles. The lowest BCUT2D eigenvalue weighted by atomic mass is 10.0. The monoisotopic (exact) mass is 315 g/mol. The number of nitrogens with two attached hydrogens (primary N) is 1. The van der Waals surface area contributed by atoms with Crippen molar-refractivity contribution in [2.24, 2.45) is 0 Å². The SMILES string of the molecule is N#Cc1c2c(c(=S)n(-c3ccccc3)c1N)Cc1ccccc1-2. The van der Waals surface area contributed by atoms with Crippen molar-refractivity contribution >= 4 is 18.0 Å². The number of aromatic nitrogens is 1. The van der Waals surface area contributed by atoms with Crippen LogP contribution >= 0.6 is 12.2 Å². The summed E-state index contributed by atoms with van der Waals surface area (Å²) in [5.41, 5.74) is 11.9. The van der Waals surface area contributed by atoms with Gasteiger partial charge in [-0.2, -0.15) is 5.26 Å². The minimum atomic E-state index is 0.402. The van der Waals surface area contributed by atoms with Crippen molar-refractivity contribution in [3.05, 3.63) is 75.9 Å². The van der Waals surface area contributed by atoms with Crippen LogP contribution in [-0.4, -0.2) is 4.57 Å². The Morgan fingerprint density at radius 1 is 1.04 bits per heavy atom. The number of pyridine rings is 1. The van der Waals surface area contributed by atoms with Crippen LogP contribution in [0.1, 0.15) is 16.7 Å². The number of benzene rings is 2. The van der Waals surface area contributed by atoms with E-state index >= 15 is 0 Å². The van der Waals surface area contributed by atoms with Gasteiger partial charge in [0.25, 0.3) is 0 Å². The molecule has 4 heteroatoms. The zero-order chi connectivity index (χ0) is 16.0. The Bertz CT molecular complexity index is 1030. The van der Waals surface area contributed by atoms with Crippen molar-refractivity contribution in [3.8, 4) is 22.9 Å². The summed E-state index contributed by atoms with van der Waals surface area (Å²) in [6.07, 6.45) is 0.742. The number of anilines is 1. The maximum Gasteiger partial charge on any atom is 0.127 e. The van der Waals surface area contributed by atoms with Crippen molar-refractivity contribution in [2.45, 2.75) is 6.42 Å². The molecule has 0 saturated heterocycles. The molecule has 0 aliphatic heterocycles. The average molecular weight is 315 g/mol. The van der Waals surface area contributed by atoms with E-state index in [9.17, 15) is 5.26 Å². The number of hydrogen-bond donors (Lipinski definition) is 1. The summed E-state index contributed by atoms with van der Waals surface area (Å²) in [5, 5.41) is 9.69. The molecule has 1 aliphatic rings. The molecule has 0 unspecified atom stereocenters. The van der Waals surface area contributed by atoms with E-state index in [-0.39, 0.29) is 0 Å². The van der Waals surface area contributed by atoms with Gasteiger partial charge in [0.1, 0.15) is 22.1 Å². The predicted octanol–water partition coefficient (Wildman–Crippen LogP) is 4.23. The summed E-state index contributed by atoms with van der Waals surface area (Å²) in [7, 11) is 0. The maximum absolute atomic E-state index is 9.69. The molecule has 0 spiro atoms. The number of nitrogens with zero attached hydrogens (tertiary/aromatic N) is 2. The molecule has 0 fully saturated rings. The molecular weight excluding hydrogens is 302 g/mol. The third-order valence-corrected chi connectivity index (χ3v) is 4.72. The number of nitriles is 1. The van der Waals surface area contributed by atoms with Gasteiger partial charge in [-0.25, -0.2) is 0 Å². The molecule has 2 N–H and O–H groups in total. The minimum absolute atomic E-state index is 0.402. The summed E-state index contributed by atoms with van der Waals surface area (Å²) in [4.78, 5) is 0. The van der Waals surface area contributed by atoms with E-state index in [1.807, 2.05) is 48.5 Å². The minimum Gasteiger partial charge on any atom is -0.384 e. The first-order chi connectivity index (χ1) is 11.2. The Morgan fingerprint density at radius 3 is 2.48 bits per heavy atom. The first-order valence-corrected chi connectivity index (χ1v) is 7.74. The highest BCUT2D eigenvalue weighted by molar-refractivity contribution is 7.71. The van der Waals surface area contributed by atoms with Gasteiger partial charge in [0.05, 0.1) is 0 Å². The zero-order valence-electron chi connectivity index (χ0n) is 12.3. The number of hydrogen-bond acceptors (Lipinski definition) is 3. The van der Waals surface area contributed by atoms with E-state index in [1.165, 1.54) is 5.56 Å². The van der Waals surface area contributed by atoms with Gasteiger partial charge in [-0.05, 0) is 23.3 Å². The summed E-state index contributed by atoms with van der Waals surface area (Å²) < 4.78 is 2.48. The fourth-order valence-electron chi connectivity index (χ4n) is 3.26. The molecule has 1 aromatic heterocycles. The lowest BCUT2D eigenvalue weighted by Gasteiger charge is -2.16. The predicted molar refractivity (Wildman–Crippen MR) is 94.0 cm³/mol. The first-order valence-electron chi connectivity index (χ1n) is 7.33. The Kier molecular flexibility index (Phi) is 3.03. The summed E-state index contributed by atoms with van der Waals surface area (Å²) in [6, 6.07) is 20.1. The summed E-state index contributed by atoms with van der Waals surface area (Å²) >= 11 is 5.72. The van der Waals surface area contributed by atoms with Crippen LogP contribution in [-0.2, 0) is 6.42 Å². The van der Waals surface area contributed by atoms with Crippen LogP contribution in [0.15, 0.2) is 54.6 Å². The third-order valence-electron chi connectivity index (χ3n) is 4.29. The van der Waals surface area contributed by atoms with Gasteiger partial charge in [-0.3, -0.25) is 4.57 Å². The highest BCUT2D eigenvalue weighted by Gasteiger charge is 2.26. The molecule has 4 rings (SSSR count). The van der Waals surface area contributed by atoms with Gasteiger partial charge >= 0.3 is 0 Å². The van der Waals surface area contributed by atoms with Gasteiger partial charge < -0.3 is 5.73 Å². The average Bonchev–Trinajstić information content (AvgIpc) is 2.96. The van der Waals surface area contributed by atoms with Crippen LogP contribution < -0.4 is 5.73 Å². The van der Waals surface area contributed by atoms with Crippen molar-refractivity contribution in [1.29, 1.82) is 5.26 Å². The standard InChI is InChI=1S/C19H13N3S/c20-11-16-17-14-9-5-4-6-12(14)10-15(17)19(23)22(18(16)21)13-7-2-1-3-8-13/h1-9H,10,21H2. The fourth-order valence-corrected chi connectivity index (χ4v) is 3.64. The molecule has 0 bridgehead atoms. The van der Waals surface area contributed by atoms with Gasteiger partial charge in [0.15, 0.2) is 0 Å². The molecule has 2 aromatic carbocycles. The van der Waals surface area contributed by atoms with Crippen LogP contribution in [0.4, 0.5) is 5.82 Å². The van der Waals surface area contributed by atoms with E-state index in [2.05, 4.69) is 12.1 Å². The molecule has 3 aromatic rings. The normalized spacial score (nSPS) is 11.6. The fraction of sp³-hybridized carbons (Fsp3) is 0.0526. The molecule has 0 amide bonds. The second-order valence-corrected chi connectivity index (χ2v) is 5.92. The highest BCUT2D eigenvalue weighted by atomic mass is 32.1. The van der Waals surface area contributed by atoms with E-state index in [0.29, 0.717) is 16.0 Å². The number of nitrogen functional groups attached to an aromatic ring is 1. The first kappa shape index (κ1) is 13.7. The Labute approximate surface area is 139 Å². The molecule has 0 radical (unpaired) electrons. The quantitative estimate of drug-likeness (QED) is 0.535. The smallest absolute Gasteiger partial charge is 0.127 e. The second-order valence-electron chi connectivity index (χ2n) is 5.54. The van der Waals surface area contributed by atoms with Crippen molar-refractivity contribution < 1.29 is 0 Å². The van der Waals surface area contributed by atoms with Crippen LogP contribution in [0, 0.1) is 16.0 Å². The molecule has 1 aliphatic carbocycles. The maximum atomic E-state index is 9.69. The van der Waals surface area contributed by atoms with Crippen LogP contribution in [0.5, 0.6) is 0 Å². The van der Waals surface area contributed by atoms with E-state index < -0.39 is 0 Å². The van der Waals surface area contributed by atoms with Gasteiger partial charge in [0, 0.05) is 23.2 Å². The largest absolute Gasteiger partial charge is 0.384 e. The lowest BCUT2D eigenvalue weighted by molar-refractivity contribution is 1.01. The van der Waals surface area contributed by atoms with Gasteiger partial charge in [-0.15, -0.1) is 0 Å². The number of para-hydroxylation sites is 1. The third kappa shape index (κ3) is 1.91. The Hall–Kier alpha value is -2.90. The van der Waals surface area contributed by atoms with Crippen molar-refractivity contribution in [3.63, 3.8) is 0 Å². The van der Waals surface area contributed by atoms with E-state index in [1.54, 1.807) is 4.57 Å². The van der Waals surface area contributed by atoms with E-state index in [0.717, 1.165) is 28.8 Å². The van der Waals surface area contributed by atoms with Crippen LogP contribution in [0.25, 0.3) is 16.8 Å². The molecule has 110 valence electrons. The summed E-state index contributed by atoms with van der Waals surface area (Å²) in [6.45, 7) is 0. The Balaban J connectivity index is 2.11. The molecule has 3 nitrogen and oxygen atoms in total. The van der Waals surface area contributed by atoms with Gasteiger partial charge in [-0.1, -0.05) is 54.7 Å². The van der Waals surface area contributed by atoms with Gasteiger partial charge in [0.2, 0.25) is 0 Å². The van der Waals surface area contributed by atoms with Crippen LogP contribution in [0.2, 0.25) is 0 Å². The van der Waals surface area contributed by atoms with Crippen LogP contribution in [0.3, 0.4) is 0 Å². The molecular formula is C19H13N3S. The topological polar surface area (TPSA) is 54.7 Å². The van der Waals surface area contributed by atoms with E-state index in [4.69, 9.17) is 18.0 Å². The zero-order valence-corrected chi connectivity index (χ0v) is 13.1. The lowest BCUT2D eigenvalue weighted by Crippen LogP contribution is -2.10. The second kappa shape index (κ2) is 5.08.